The van der Waals surface area contributed by atoms with Crippen molar-refractivity contribution < 1.29 is 4.79 Å². The number of hydrogen-bond acceptors (Lipinski definition) is 2. The molecule has 0 aliphatic carbocycles. The maximum Gasteiger partial charge on any atom is 0.258 e. The van der Waals surface area contributed by atoms with Crippen molar-refractivity contribution in [3.05, 3.63) is 102 Å². The normalized spacial score (nSPS) is 15.2. The minimum atomic E-state index is 0.0922. The predicted molar refractivity (Wildman–Crippen MR) is 129 cm³/mol. The molecule has 1 saturated heterocycles. The topological polar surface area (TPSA) is 23.6 Å². The van der Waals surface area contributed by atoms with Crippen molar-refractivity contribution in [3.8, 4) is 0 Å². The highest BCUT2D eigenvalue weighted by Crippen LogP contribution is 2.26. The zero-order chi connectivity index (χ0) is 21.6. The van der Waals surface area contributed by atoms with E-state index < -0.39 is 0 Å². The van der Waals surface area contributed by atoms with Crippen LogP contribution in [-0.2, 0) is 6.54 Å². The third-order valence-electron chi connectivity index (χ3n) is 6.25. The second kappa shape index (κ2) is 9.93. The van der Waals surface area contributed by atoms with Gasteiger partial charge in [-0.05, 0) is 54.2 Å². The van der Waals surface area contributed by atoms with Crippen LogP contribution in [0.4, 0.5) is 5.69 Å². The number of nitrogens with zero attached hydrogens (tertiary/aromatic N) is 2. The maximum atomic E-state index is 13.4. The first-order valence-corrected chi connectivity index (χ1v) is 11.4. The summed E-state index contributed by atoms with van der Waals surface area (Å²) in [5, 5.41) is 0. The van der Waals surface area contributed by atoms with Gasteiger partial charge < -0.3 is 4.90 Å². The number of carbonyl (C=O) groups is 1. The smallest absolute Gasteiger partial charge is 0.258 e. The van der Waals surface area contributed by atoms with Gasteiger partial charge in [-0.25, -0.2) is 0 Å². The van der Waals surface area contributed by atoms with Gasteiger partial charge in [0, 0.05) is 36.9 Å². The van der Waals surface area contributed by atoms with Crippen LogP contribution in [0.5, 0.6) is 0 Å². The van der Waals surface area contributed by atoms with E-state index in [0.29, 0.717) is 5.92 Å². The van der Waals surface area contributed by atoms with Crippen molar-refractivity contribution in [3.63, 3.8) is 0 Å². The first kappa shape index (κ1) is 21.3. The number of hydrogen-bond donors (Lipinski definition) is 0. The van der Waals surface area contributed by atoms with Crippen molar-refractivity contribution in [2.45, 2.75) is 45.2 Å². The molecule has 0 spiro atoms. The third kappa shape index (κ3) is 5.23. The second-order valence-electron chi connectivity index (χ2n) is 8.78. The summed E-state index contributed by atoms with van der Waals surface area (Å²) < 4.78 is 0. The molecular weight excluding hydrogens is 380 g/mol. The average Bonchev–Trinajstić information content (AvgIpc) is 2.82. The Labute approximate surface area is 186 Å². The van der Waals surface area contributed by atoms with Crippen molar-refractivity contribution in [2.24, 2.45) is 0 Å². The highest BCUT2D eigenvalue weighted by molar-refractivity contribution is 6.06. The fourth-order valence-corrected chi connectivity index (χ4v) is 4.40. The van der Waals surface area contributed by atoms with Crippen LogP contribution in [-0.4, -0.2) is 29.9 Å². The highest BCUT2D eigenvalue weighted by Gasteiger charge is 2.29. The van der Waals surface area contributed by atoms with Gasteiger partial charge in [0.2, 0.25) is 0 Å². The molecule has 160 valence electrons. The quantitative estimate of drug-likeness (QED) is 0.487. The Morgan fingerprint density at radius 2 is 1.45 bits per heavy atom. The molecule has 4 rings (SSSR count). The van der Waals surface area contributed by atoms with Crippen LogP contribution in [0.15, 0.2) is 84.9 Å². The Balaban J connectivity index is 1.44. The number of piperidine rings is 1. The zero-order valence-electron chi connectivity index (χ0n) is 18.6. The summed E-state index contributed by atoms with van der Waals surface area (Å²) in [4.78, 5) is 17.9. The van der Waals surface area contributed by atoms with E-state index >= 15 is 0 Å². The fourth-order valence-electron chi connectivity index (χ4n) is 4.40. The molecule has 1 heterocycles. The monoisotopic (exact) mass is 412 g/mol. The molecule has 1 aliphatic rings. The molecule has 0 atom stereocenters. The van der Waals surface area contributed by atoms with Gasteiger partial charge in [-0.15, -0.1) is 0 Å². The number of likely N-dealkylation sites (tertiary alicyclic amines) is 1. The molecule has 3 aromatic rings. The van der Waals surface area contributed by atoms with E-state index in [1.807, 2.05) is 65.6 Å². The van der Waals surface area contributed by atoms with Crippen LogP contribution in [0.3, 0.4) is 0 Å². The van der Waals surface area contributed by atoms with Crippen LogP contribution in [0, 0.1) is 0 Å². The van der Waals surface area contributed by atoms with E-state index in [0.717, 1.165) is 43.7 Å². The Bertz CT molecular complexity index is 959. The summed E-state index contributed by atoms with van der Waals surface area (Å²) in [5.41, 5.74) is 4.49. The molecule has 0 saturated carbocycles. The lowest BCUT2D eigenvalue weighted by Gasteiger charge is -2.38. The third-order valence-corrected chi connectivity index (χ3v) is 6.25. The summed E-state index contributed by atoms with van der Waals surface area (Å²) in [5.74, 6) is 0.658. The van der Waals surface area contributed by atoms with Crippen LogP contribution in [0.25, 0.3) is 0 Å². The van der Waals surface area contributed by atoms with Gasteiger partial charge in [0.05, 0.1) is 0 Å². The molecule has 0 unspecified atom stereocenters. The molecule has 3 aromatic carbocycles. The molecule has 0 N–H and O–H groups in total. The van der Waals surface area contributed by atoms with Gasteiger partial charge in [-0.2, -0.15) is 0 Å². The molecule has 1 fully saturated rings. The van der Waals surface area contributed by atoms with Crippen molar-refractivity contribution in [1.29, 1.82) is 0 Å². The average molecular weight is 413 g/mol. The number of amides is 1. The fraction of sp³-hybridized carbons (Fsp3) is 0.321. The summed E-state index contributed by atoms with van der Waals surface area (Å²) in [6.45, 7) is 7.44. The Morgan fingerprint density at radius 1 is 0.871 bits per heavy atom. The first-order chi connectivity index (χ1) is 15.1. The first-order valence-electron chi connectivity index (χ1n) is 11.4. The van der Waals surface area contributed by atoms with Gasteiger partial charge >= 0.3 is 0 Å². The van der Waals surface area contributed by atoms with E-state index in [4.69, 9.17) is 0 Å². The van der Waals surface area contributed by atoms with Gasteiger partial charge in [0.1, 0.15) is 0 Å². The standard InChI is InChI=1S/C28H32N2O/c1-22(2)24-15-13-23(14-16-24)21-29-19-17-27(18-20-29)30(26-11-7-4-8-12-26)28(31)25-9-5-3-6-10-25/h3-16,22,27H,17-21H2,1-2H3. The minimum absolute atomic E-state index is 0.0922. The van der Waals surface area contributed by atoms with Gasteiger partial charge in [-0.3, -0.25) is 9.69 Å². The molecule has 1 amide bonds. The lowest BCUT2D eigenvalue weighted by molar-refractivity contribution is 0.0958. The summed E-state index contributed by atoms with van der Waals surface area (Å²) in [6.07, 6.45) is 1.97. The number of anilines is 1. The summed E-state index contributed by atoms with van der Waals surface area (Å²) >= 11 is 0. The van der Waals surface area contributed by atoms with E-state index in [9.17, 15) is 4.79 Å². The van der Waals surface area contributed by atoms with E-state index in [2.05, 4.69) is 43.0 Å². The lowest BCUT2D eigenvalue weighted by Crippen LogP contribution is -2.47. The zero-order valence-corrected chi connectivity index (χ0v) is 18.6. The van der Waals surface area contributed by atoms with Crippen molar-refractivity contribution >= 4 is 11.6 Å². The summed E-state index contributed by atoms with van der Waals surface area (Å²) in [6, 6.07) is 29.0. The van der Waals surface area contributed by atoms with Gasteiger partial charge in [-0.1, -0.05) is 74.5 Å². The summed E-state index contributed by atoms with van der Waals surface area (Å²) in [7, 11) is 0. The molecule has 1 aliphatic heterocycles. The molecule has 0 radical (unpaired) electrons. The van der Waals surface area contributed by atoms with E-state index in [1.165, 1.54) is 11.1 Å². The molecule has 3 heteroatoms. The molecule has 31 heavy (non-hydrogen) atoms. The van der Waals surface area contributed by atoms with E-state index in [-0.39, 0.29) is 11.9 Å². The van der Waals surface area contributed by atoms with Crippen LogP contribution < -0.4 is 4.90 Å². The number of para-hydroxylation sites is 1. The highest BCUT2D eigenvalue weighted by atomic mass is 16.2. The Hall–Kier alpha value is -2.91. The van der Waals surface area contributed by atoms with Crippen molar-refractivity contribution in [2.75, 3.05) is 18.0 Å². The van der Waals surface area contributed by atoms with Gasteiger partial charge in [0.15, 0.2) is 0 Å². The van der Waals surface area contributed by atoms with Crippen molar-refractivity contribution in [1.82, 2.24) is 4.90 Å². The number of benzene rings is 3. The number of carbonyl (C=O) groups excluding carboxylic acids is 1. The van der Waals surface area contributed by atoms with E-state index in [1.54, 1.807) is 0 Å². The maximum absolute atomic E-state index is 13.4. The number of rotatable bonds is 6. The molecule has 0 aromatic heterocycles. The Kier molecular flexibility index (Phi) is 6.83. The second-order valence-corrected chi connectivity index (χ2v) is 8.78. The van der Waals surface area contributed by atoms with Crippen LogP contribution >= 0.6 is 0 Å². The predicted octanol–water partition coefficient (Wildman–Crippen LogP) is 6.12. The van der Waals surface area contributed by atoms with Crippen LogP contribution in [0.1, 0.15) is 54.1 Å². The minimum Gasteiger partial charge on any atom is -0.305 e. The van der Waals surface area contributed by atoms with Gasteiger partial charge in [0.25, 0.3) is 5.91 Å². The SMILES string of the molecule is CC(C)c1ccc(CN2CCC(N(C(=O)c3ccccc3)c3ccccc3)CC2)cc1. The largest absolute Gasteiger partial charge is 0.305 e. The molecule has 3 nitrogen and oxygen atoms in total. The Morgan fingerprint density at radius 3 is 2.03 bits per heavy atom. The lowest BCUT2D eigenvalue weighted by atomic mass is 9.99. The molecule has 0 bridgehead atoms. The van der Waals surface area contributed by atoms with Crippen LogP contribution in [0.2, 0.25) is 0 Å². The molecular formula is C28H32N2O.